The van der Waals surface area contributed by atoms with Gasteiger partial charge in [0.05, 0.1) is 12.1 Å². The highest BCUT2D eigenvalue weighted by molar-refractivity contribution is 7.14. The summed E-state index contributed by atoms with van der Waals surface area (Å²) in [5, 5.41) is 6.96. The first-order valence-corrected chi connectivity index (χ1v) is 7.70. The van der Waals surface area contributed by atoms with Gasteiger partial charge >= 0.3 is 0 Å². The van der Waals surface area contributed by atoms with Gasteiger partial charge in [-0.05, 0) is 29.9 Å². The fraction of sp³-hybridized carbons (Fsp3) is 0.231. The fourth-order valence-corrected chi connectivity index (χ4v) is 3.33. The molecule has 2 rings (SSSR count). The number of anilines is 1. The average Bonchev–Trinajstić information content (AvgIpc) is 2.99. The lowest BCUT2D eigenvalue weighted by molar-refractivity contribution is -0.117. The van der Waals surface area contributed by atoms with E-state index in [0.717, 1.165) is 6.54 Å². The largest absolute Gasteiger partial charge is 0.366 e. The van der Waals surface area contributed by atoms with E-state index in [2.05, 4.69) is 5.32 Å². The molecule has 3 N–H and O–H groups in total. The van der Waals surface area contributed by atoms with Crippen molar-refractivity contribution in [2.45, 2.75) is 6.54 Å². The summed E-state index contributed by atoms with van der Waals surface area (Å²) in [6.07, 6.45) is 0. The zero-order valence-corrected chi connectivity index (χ0v) is 12.6. The Morgan fingerprint density at radius 3 is 2.75 bits per heavy atom. The third-order valence-corrected chi connectivity index (χ3v) is 4.29. The van der Waals surface area contributed by atoms with E-state index in [1.807, 2.05) is 29.5 Å². The number of likely N-dealkylation sites (N-methyl/N-ethyl adjacent to an activating group) is 1. The molecule has 106 valence electrons. The van der Waals surface area contributed by atoms with E-state index in [9.17, 15) is 9.59 Å². The molecule has 2 aromatic rings. The van der Waals surface area contributed by atoms with Crippen molar-refractivity contribution in [1.29, 1.82) is 0 Å². The van der Waals surface area contributed by atoms with E-state index in [1.165, 1.54) is 16.2 Å². The maximum Gasteiger partial charge on any atom is 0.251 e. The first kappa shape index (κ1) is 14.7. The average molecular weight is 309 g/mol. The van der Waals surface area contributed by atoms with Crippen LogP contribution in [0.2, 0.25) is 0 Å². The third kappa shape index (κ3) is 3.89. The topological polar surface area (TPSA) is 75.4 Å². The summed E-state index contributed by atoms with van der Waals surface area (Å²) < 4.78 is 0. The number of rotatable bonds is 6. The van der Waals surface area contributed by atoms with Crippen LogP contribution < -0.4 is 11.1 Å². The number of hydrogen-bond acceptors (Lipinski definition) is 5. The molecule has 0 aliphatic rings. The molecule has 0 fully saturated rings. The highest BCUT2D eigenvalue weighted by atomic mass is 32.1. The van der Waals surface area contributed by atoms with Crippen LogP contribution in [0, 0.1) is 0 Å². The van der Waals surface area contributed by atoms with Gasteiger partial charge in [0.1, 0.15) is 5.00 Å². The molecule has 0 aliphatic heterocycles. The van der Waals surface area contributed by atoms with Crippen LogP contribution in [0.15, 0.2) is 29.0 Å². The minimum absolute atomic E-state index is 0.158. The molecule has 20 heavy (non-hydrogen) atoms. The molecule has 0 saturated heterocycles. The molecule has 2 heterocycles. The fourth-order valence-electron chi connectivity index (χ4n) is 1.74. The second-order valence-corrected chi connectivity index (χ2v) is 6.28. The van der Waals surface area contributed by atoms with Crippen LogP contribution in [0.1, 0.15) is 15.2 Å². The van der Waals surface area contributed by atoms with Crippen LogP contribution in [-0.4, -0.2) is 30.3 Å². The van der Waals surface area contributed by atoms with Gasteiger partial charge in [-0.15, -0.1) is 22.7 Å². The summed E-state index contributed by atoms with van der Waals surface area (Å²) in [5.74, 6) is -0.692. The van der Waals surface area contributed by atoms with Crippen LogP contribution in [0.5, 0.6) is 0 Å². The number of thiophene rings is 2. The zero-order chi connectivity index (χ0) is 14.5. The smallest absolute Gasteiger partial charge is 0.251 e. The van der Waals surface area contributed by atoms with Crippen LogP contribution >= 0.6 is 22.7 Å². The molecule has 0 unspecified atom stereocenters. The van der Waals surface area contributed by atoms with Crippen LogP contribution in [0.25, 0.3) is 0 Å². The molecule has 0 saturated carbocycles. The lowest BCUT2D eigenvalue weighted by Gasteiger charge is -2.15. The first-order chi connectivity index (χ1) is 9.56. The zero-order valence-electron chi connectivity index (χ0n) is 11.0. The molecular weight excluding hydrogens is 294 g/mol. The number of nitrogens with one attached hydrogen (secondary N) is 1. The predicted molar refractivity (Wildman–Crippen MR) is 82.1 cm³/mol. The van der Waals surface area contributed by atoms with E-state index in [0.29, 0.717) is 10.6 Å². The van der Waals surface area contributed by atoms with E-state index >= 15 is 0 Å². The van der Waals surface area contributed by atoms with E-state index in [4.69, 9.17) is 5.73 Å². The molecule has 2 aromatic heterocycles. The number of amides is 2. The number of nitrogens with zero attached hydrogens (tertiary/aromatic N) is 1. The lowest BCUT2D eigenvalue weighted by atomic mass is 10.3. The maximum atomic E-state index is 11.9. The summed E-state index contributed by atoms with van der Waals surface area (Å²) in [7, 11) is 1.88. The molecule has 2 amide bonds. The molecule has 5 nitrogen and oxygen atoms in total. The Balaban J connectivity index is 1.89. The second-order valence-electron chi connectivity index (χ2n) is 4.33. The molecule has 0 aliphatic carbocycles. The van der Waals surface area contributed by atoms with Crippen molar-refractivity contribution in [2.75, 3.05) is 18.9 Å². The van der Waals surface area contributed by atoms with Gasteiger partial charge < -0.3 is 11.1 Å². The molecule has 0 bridgehead atoms. The molecule has 0 aromatic carbocycles. The van der Waals surface area contributed by atoms with Gasteiger partial charge in [0.25, 0.3) is 5.91 Å². The standard InChI is InChI=1S/C13H15N3O2S2/c1-16(7-9-3-2-5-19-9)8-11(17)15-13-10(12(14)18)4-6-20-13/h2-6H,7-8H2,1H3,(H2,14,18)(H,15,17). The number of nitrogens with two attached hydrogens (primary N) is 1. The highest BCUT2D eigenvalue weighted by Crippen LogP contribution is 2.22. The third-order valence-electron chi connectivity index (χ3n) is 2.60. The van der Waals surface area contributed by atoms with Crippen LogP contribution in [0.4, 0.5) is 5.00 Å². The molecular formula is C13H15N3O2S2. The monoisotopic (exact) mass is 309 g/mol. The van der Waals surface area contributed by atoms with Gasteiger partial charge in [0.15, 0.2) is 0 Å². The Labute approximate surface area is 125 Å². The normalized spacial score (nSPS) is 10.7. The second kappa shape index (κ2) is 6.65. The van der Waals surface area contributed by atoms with E-state index in [1.54, 1.807) is 22.8 Å². The Morgan fingerprint density at radius 1 is 1.30 bits per heavy atom. The minimum atomic E-state index is -0.534. The summed E-state index contributed by atoms with van der Waals surface area (Å²) in [4.78, 5) is 26.2. The SMILES string of the molecule is CN(CC(=O)Nc1sccc1C(N)=O)Cc1cccs1. The molecule has 0 radical (unpaired) electrons. The van der Waals surface area contributed by atoms with Crippen molar-refractivity contribution < 1.29 is 9.59 Å². The van der Waals surface area contributed by atoms with Gasteiger partial charge in [-0.2, -0.15) is 0 Å². The predicted octanol–water partition coefficient (Wildman–Crippen LogP) is 1.98. The quantitative estimate of drug-likeness (QED) is 0.856. The van der Waals surface area contributed by atoms with Crippen molar-refractivity contribution >= 4 is 39.5 Å². The van der Waals surface area contributed by atoms with Gasteiger partial charge in [-0.25, -0.2) is 0 Å². The van der Waals surface area contributed by atoms with Gasteiger partial charge in [-0.1, -0.05) is 6.07 Å². The van der Waals surface area contributed by atoms with Gasteiger partial charge in [0.2, 0.25) is 5.91 Å². The number of carbonyl (C=O) groups excluding carboxylic acids is 2. The number of carbonyl (C=O) groups is 2. The van der Waals surface area contributed by atoms with Crippen molar-refractivity contribution in [2.24, 2.45) is 5.73 Å². The Bertz CT molecular complexity index is 593. The number of primary amides is 1. The summed E-state index contributed by atoms with van der Waals surface area (Å²) in [6, 6.07) is 5.63. The van der Waals surface area contributed by atoms with Crippen molar-refractivity contribution in [3.8, 4) is 0 Å². The highest BCUT2D eigenvalue weighted by Gasteiger charge is 2.13. The summed E-state index contributed by atoms with van der Waals surface area (Å²) in [5.41, 5.74) is 5.58. The minimum Gasteiger partial charge on any atom is -0.366 e. The Hall–Kier alpha value is -1.70. The summed E-state index contributed by atoms with van der Waals surface area (Å²) in [6.45, 7) is 0.978. The Kier molecular flexibility index (Phi) is 4.89. The van der Waals surface area contributed by atoms with Crippen molar-refractivity contribution in [3.63, 3.8) is 0 Å². The molecule has 7 heteroatoms. The van der Waals surface area contributed by atoms with E-state index in [-0.39, 0.29) is 12.5 Å². The van der Waals surface area contributed by atoms with Gasteiger partial charge in [-0.3, -0.25) is 14.5 Å². The lowest BCUT2D eigenvalue weighted by Crippen LogP contribution is -2.30. The van der Waals surface area contributed by atoms with Gasteiger partial charge in [0, 0.05) is 11.4 Å². The van der Waals surface area contributed by atoms with Crippen LogP contribution in [-0.2, 0) is 11.3 Å². The van der Waals surface area contributed by atoms with E-state index < -0.39 is 5.91 Å². The van der Waals surface area contributed by atoms with Crippen LogP contribution in [0.3, 0.4) is 0 Å². The molecule has 0 spiro atoms. The van der Waals surface area contributed by atoms with Crippen molar-refractivity contribution in [3.05, 3.63) is 39.4 Å². The maximum absolute atomic E-state index is 11.9. The summed E-state index contributed by atoms with van der Waals surface area (Å²) >= 11 is 2.95. The first-order valence-electron chi connectivity index (χ1n) is 5.94. The molecule has 0 atom stereocenters. The Morgan fingerprint density at radius 2 is 2.10 bits per heavy atom. The number of hydrogen-bond donors (Lipinski definition) is 2. The van der Waals surface area contributed by atoms with Crippen molar-refractivity contribution in [1.82, 2.24) is 4.90 Å².